The Morgan fingerprint density at radius 3 is 0.630 bits per heavy atom. The van der Waals surface area contributed by atoms with Gasteiger partial charge in [0.15, 0.2) is 0 Å². The van der Waals surface area contributed by atoms with E-state index in [0.717, 1.165) is 0 Å². The predicted octanol–water partition coefficient (Wildman–Crippen LogP) is 6.90. The summed E-state index contributed by atoms with van der Waals surface area (Å²) in [6, 6.07) is 0. The number of hydrogen-bond acceptors (Lipinski definition) is 0. The van der Waals surface area contributed by atoms with E-state index in [0.29, 0.717) is 0 Å². The van der Waals surface area contributed by atoms with Gasteiger partial charge in [0.1, 0.15) is 0 Å². The summed E-state index contributed by atoms with van der Waals surface area (Å²) in [6.07, 6.45) is -34.3. The van der Waals surface area contributed by atoms with Crippen molar-refractivity contribution in [3.05, 3.63) is 0 Å². The molecule has 0 N–H and O–H groups in total. The molecule has 0 saturated heterocycles. The minimum absolute atomic E-state index is 4.38. The second kappa shape index (κ2) is 6.37. The molecule has 0 aliphatic heterocycles. The predicted molar refractivity (Wildman–Crippen MR) is 56.7 cm³/mol. The third kappa shape index (κ3) is 6.11. The van der Waals surface area contributed by atoms with Crippen molar-refractivity contribution in [2.75, 3.05) is 18.5 Å². The summed E-state index contributed by atoms with van der Waals surface area (Å²) in [7, 11) is -9.40. The van der Waals surface area contributed by atoms with Crippen LogP contribution in [-0.4, -0.2) is 54.8 Å². The van der Waals surface area contributed by atoms with Crippen LogP contribution in [0.15, 0.2) is 0 Å². The van der Waals surface area contributed by atoms with Crippen molar-refractivity contribution in [2.45, 2.75) is 36.3 Å². The molecule has 0 rings (SSSR count). The molecule has 0 aromatic carbocycles. The number of rotatable bonds is 6. The van der Waals surface area contributed by atoms with Crippen LogP contribution in [0.5, 0.6) is 0 Å². The van der Waals surface area contributed by atoms with Crippen LogP contribution in [0.4, 0.5) is 74.3 Å². The molecule has 0 aromatic rings. The van der Waals surface area contributed by atoms with Gasteiger partial charge in [0, 0.05) is 0 Å². The zero-order chi connectivity index (χ0) is 22.6. The molecule has 0 aliphatic carbocycles. The summed E-state index contributed by atoms with van der Waals surface area (Å²) in [5.41, 5.74) is 0. The van der Waals surface area contributed by atoms with Crippen LogP contribution in [0, 0.1) is 0 Å². The van der Waals surface area contributed by atoms with E-state index in [9.17, 15) is 74.3 Å². The van der Waals surface area contributed by atoms with Crippen LogP contribution in [0.2, 0.25) is 0 Å². The third-order valence-electron chi connectivity index (χ3n) is 2.87. The Morgan fingerprint density at radius 2 is 0.519 bits per heavy atom. The Balaban J connectivity index is 6.41. The molecule has 0 unspecified atom stereocenters. The van der Waals surface area contributed by atoms with Crippen LogP contribution in [0.25, 0.3) is 0 Å². The van der Waals surface area contributed by atoms with Gasteiger partial charge in [-0.15, -0.1) is 0 Å². The van der Waals surface area contributed by atoms with Crippen molar-refractivity contribution < 1.29 is 74.3 Å². The van der Waals surface area contributed by atoms with Gasteiger partial charge in [-0.25, -0.2) is 0 Å². The van der Waals surface area contributed by atoms with Crippen molar-refractivity contribution in [3.63, 3.8) is 0 Å². The Kier molecular flexibility index (Phi) is 6.19. The van der Waals surface area contributed by atoms with Gasteiger partial charge in [-0.05, 0) is 0 Å². The molecule has 0 nitrogen and oxygen atoms in total. The molecule has 0 heterocycles. The summed E-state index contributed by atoms with van der Waals surface area (Å²) < 4.78 is 213. The quantitative estimate of drug-likeness (QED) is 0.294. The van der Waals surface area contributed by atoms with E-state index in [-0.39, 0.29) is 0 Å². The molecule has 0 atom stereocenters. The SMILES string of the molecule is FC(F)(F)C(F)(F)CP(F)(F)(CC(F)(F)C(F)(F)F)CC(F)(F)C(F)(F)F. The van der Waals surface area contributed by atoms with E-state index in [4.69, 9.17) is 0 Å². The molecule has 0 aliphatic rings. The molecule has 0 radical (unpaired) electrons. The maximum absolute atomic E-state index is 14.1. The van der Waals surface area contributed by atoms with Gasteiger partial charge in [0.25, 0.3) is 0 Å². The first-order valence-corrected chi connectivity index (χ1v) is 8.51. The average molecular weight is 468 g/mol. The zero-order valence-corrected chi connectivity index (χ0v) is 12.9. The fourth-order valence-corrected chi connectivity index (χ4v) is 5.19. The van der Waals surface area contributed by atoms with Crippen LogP contribution in [0.1, 0.15) is 0 Å². The second-order valence-corrected chi connectivity index (χ2v) is 9.39. The molecule has 166 valence electrons. The first-order valence-electron chi connectivity index (χ1n) is 5.93. The van der Waals surface area contributed by atoms with Gasteiger partial charge in [-0.2, -0.15) is 0 Å². The number of halogens is 17. The number of hydrogen-bond donors (Lipinski definition) is 0. The Labute approximate surface area is 137 Å². The second-order valence-electron chi connectivity index (χ2n) is 5.53. The van der Waals surface area contributed by atoms with Crippen LogP contribution in [0.3, 0.4) is 0 Å². The summed E-state index contributed by atoms with van der Waals surface area (Å²) in [4.78, 5) is 0. The molecule has 0 spiro atoms. The minimum atomic E-state index is -9.40. The Hall–Kier alpha value is -0.760. The van der Waals surface area contributed by atoms with E-state index in [1.807, 2.05) is 0 Å². The van der Waals surface area contributed by atoms with Gasteiger partial charge in [0.2, 0.25) is 0 Å². The van der Waals surface area contributed by atoms with Gasteiger partial charge in [0.05, 0.1) is 0 Å². The van der Waals surface area contributed by atoms with Crippen molar-refractivity contribution in [2.24, 2.45) is 0 Å². The van der Waals surface area contributed by atoms with Crippen LogP contribution in [-0.2, 0) is 0 Å². The average Bonchev–Trinajstić information content (AvgIpc) is 2.18. The van der Waals surface area contributed by atoms with Gasteiger partial charge < -0.3 is 0 Å². The Morgan fingerprint density at radius 1 is 0.370 bits per heavy atom. The van der Waals surface area contributed by atoms with Gasteiger partial charge in [-0.1, -0.05) is 0 Å². The first kappa shape index (κ1) is 26.2. The van der Waals surface area contributed by atoms with Crippen LogP contribution < -0.4 is 0 Å². The van der Waals surface area contributed by atoms with E-state index in [2.05, 4.69) is 0 Å². The van der Waals surface area contributed by atoms with E-state index in [1.165, 1.54) is 0 Å². The van der Waals surface area contributed by atoms with Gasteiger partial charge in [-0.3, -0.25) is 0 Å². The molecular formula is C9H6F17P. The van der Waals surface area contributed by atoms with Gasteiger partial charge >= 0.3 is 136 Å². The topological polar surface area (TPSA) is 0 Å². The van der Waals surface area contributed by atoms with E-state index in [1.54, 1.807) is 0 Å². The molecule has 0 bridgehead atoms. The molecule has 27 heavy (non-hydrogen) atoms. The summed E-state index contributed by atoms with van der Waals surface area (Å²) in [5, 5.41) is 0. The fraction of sp³-hybridized carbons (Fsp3) is 1.00. The normalized spacial score (nSPS) is 17.6. The zero-order valence-electron chi connectivity index (χ0n) is 12.0. The van der Waals surface area contributed by atoms with Crippen molar-refractivity contribution in [1.82, 2.24) is 0 Å². The van der Waals surface area contributed by atoms with Crippen molar-refractivity contribution in [1.29, 1.82) is 0 Å². The molecule has 0 aromatic heterocycles. The van der Waals surface area contributed by atoms with E-state index >= 15 is 0 Å². The molecular weight excluding hydrogens is 462 g/mol. The maximum atomic E-state index is 14.1. The standard InChI is InChI=1S/C9H6F17P/c10-4(11,7(16,17)18)1-27(25,26,2-5(12,13)8(19,20)21)3-6(14,15)9(22,23)24/h1-3H2. The fourth-order valence-electron chi connectivity index (χ4n) is 1.73. The summed E-state index contributed by atoms with van der Waals surface area (Å²) in [5.74, 6) is -20.5. The summed E-state index contributed by atoms with van der Waals surface area (Å²) >= 11 is 0. The Bertz CT molecular complexity index is 458. The third-order valence-corrected chi connectivity index (χ3v) is 6.12. The number of alkyl halides is 15. The molecule has 0 amide bonds. The van der Waals surface area contributed by atoms with Crippen molar-refractivity contribution >= 4 is 7.22 Å². The van der Waals surface area contributed by atoms with E-state index < -0.39 is 62.0 Å². The van der Waals surface area contributed by atoms with Crippen LogP contribution >= 0.6 is 7.22 Å². The molecule has 0 saturated carbocycles. The van der Waals surface area contributed by atoms with Crippen molar-refractivity contribution in [3.8, 4) is 0 Å². The molecule has 0 fully saturated rings. The monoisotopic (exact) mass is 468 g/mol. The first-order chi connectivity index (χ1) is 11.2. The molecule has 18 heteroatoms. The summed E-state index contributed by atoms with van der Waals surface area (Å²) in [6.45, 7) is 0.